The number of hydrogen-bond donors (Lipinski definition) is 0. The van der Waals surface area contributed by atoms with Crippen molar-refractivity contribution < 1.29 is 9.32 Å². The third-order valence-electron chi connectivity index (χ3n) is 5.41. The first-order valence-electron chi connectivity index (χ1n) is 10.1. The van der Waals surface area contributed by atoms with Crippen molar-refractivity contribution in [3.05, 3.63) is 69.5 Å². The largest absolute Gasteiger partial charge is 0.341 e. The Bertz CT molecular complexity index is 1190. The number of nitrogens with zero attached hydrogens (tertiary/aromatic N) is 5. The second-order valence-electron chi connectivity index (χ2n) is 7.62. The molecule has 0 spiro atoms. The van der Waals surface area contributed by atoms with Crippen molar-refractivity contribution in [2.75, 3.05) is 7.05 Å². The number of amides is 1. The first-order chi connectivity index (χ1) is 14.9. The second-order valence-corrected chi connectivity index (χ2v) is 8.40. The molecule has 0 bridgehead atoms. The standard InChI is InChI=1S/C23H25N5O2S/c1-15-7-5-6-8-20(15)28-17(3)19(16(2)25-28)13-27(4)22(29)10-9-21-24-23(26-30-21)18-11-12-31-14-18/h5-8,11-12,14H,9-10,13H2,1-4H3. The molecular weight excluding hydrogens is 410 g/mol. The molecule has 0 saturated carbocycles. The zero-order chi connectivity index (χ0) is 22.0. The minimum absolute atomic E-state index is 0.0257. The monoisotopic (exact) mass is 435 g/mol. The molecule has 0 atom stereocenters. The van der Waals surface area contributed by atoms with Crippen molar-refractivity contribution in [1.82, 2.24) is 24.8 Å². The number of rotatable bonds is 7. The van der Waals surface area contributed by atoms with E-state index in [0.29, 0.717) is 31.1 Å². The summed E-state index contributed by atoms with van der Waals surface area (Å²) in [5, 5.41) is 12.7. The Balaban J connectivity index is 1.41. The number of aryl methyl sites for hydroxylation is 3. The molecule has 0 aliphatic rings. The average molecular weight is 436 g/mol. The van der Waals surface area contributed by atoms with Gasteiger partial charge < -0.3 is 9.42 Å². The van der Waals surface area contributed by atoms with Gasteiger partial charge in [-0.25, -0.2) is 4.68 Å². The fourth-order valence-electron chi connectivity index (χ4n) is 3.53. The molecule has 3 aromatic heterocycles. The van der Waals surface area contributed by atoms with Crippen LogP contribution in [0.4, 0.5) is 0 Å². The molecule has 0 radical (unpaired) electrons. The van der Waals surface area contributed by atoms with Crippen LogP contribution in [0.15, 0.2) is 45.6 Å². The topological polar surface area (TPSA) is 77.1 Å². The molecule has 4 rings (SSSR count). The van der Waals surface area contributed by atoms with Crippen LogP contribution in [0.25, 0.3) is 17.1 Å². The number of thiophene rings is 1. The number of aromatic nitrogens is 4. The summed E-state index contributed by atoms with van der Waals surface area (Å²) in [6.07, 6.45) is 0.729. The molecule has 0 unspecified atom stereocenters. The number of carbonyl (C=O) groups excluding carboxylic acids is 1. The van der Waals surface area contributed by atoms with Crippen LogP contribution in [-0.4, -0.2) is 37.8 Å². The molecular formula is C23H25N5O2S. The average Bonchev–Trinajstić information content (AvgIpc) is 3.50. The van der Waals surface area contributed by atoms with Gasteiger partial charge in [-0.1, -0.05) is 23.4 Å². The first-order valence-corrected chi connectivity index (χ1v) is 11.1. The molecule has 0 saturated heterocycles. The minimum atomic E-state index is 0.0257. The van der Waals surface area contributed by atoms with Crippen molar-refractivity contribution in [1.29, 1.82) is 0 Å². The van der Waals surface area contributed by atoms with Crippen LogP contribution < -0.4 is 0 Å². The zero-order valence-corrected chi connectivity index (χ0v) is 18.9. The molecule has 0 N–H and O–H groups in total. The summed E-state index contributed by atoms with van der Waals surface area (Å²) in [6.45, 7) is 6.61. The summed E-state index contributed by atoms with van der Waals surface area (Å²) in [5.41, 5.74) is 6.18. The van der Waals surface area contributed by atoms with E-state index in [0.717, 1.165) is 33.8 Å². The molecule has 0 aliphatic carbocycles. The molecule has 4 aromatic rings. The highest BCUT2D eigenvalue weighted by Gasteiger charge is 2.19. The van der Waals surface area contributed by atoms with E-state index in [2.05, 4.69) is 29.2 Å². The zero-order valence-electron chi connectivity index (χ0n) is 18.1. The SMILES string of the molecule is Cc1ccccc1-n1nc(C)c(CN(C)C(=O)CCc2nc(-c3ccsc3)no2)c1C. The first kappa shape index (κ1) is 21.0. The van der Waals surface area contributed by atoms with E-state index in [1.165, 1.54) is 0 Å². The third-order valence-corrected chi connectivity index (χ3v) is 6.09. The van der Waals surface area contributed by atoms with Crippen LogP contribution >= 0.6 is 11.3 Å². The summed E-state index contributed by atoms with van der Waals surface area (Å²) < 4.78 is 7.26. The molecule has 8 heteroatoms. The Morgan fingerprint density at radius 1 is 1.19 bits per heavy atom. The summed E-state index contributed by atoms with van der Waals surface area (Å²) in [5.74, 6) is 1.06. The second kappa shape index (κ2) is 8.85. The maximum Gasteiger partial charge on any atom is 0.227 e. The number of carbonyl (C=O) groups is 1. The van der Waals surface area contributed by atoms with Gasteiger partial charge in [0.05, 0.1) is 11.4 Å². The van der Waals surface area contributed by atoms with Crippen molar-refractivity contribution in [3.63, 3.8) is 0 Å². The highest BCUT2D eigenvalue weighted by molar-refractivity contribution is 7.08. The molecule has 0 fully saturated rings. The van der Waals surface area contributed by atoms with Gasteiger partial charge in [-0.2, -0.15) is 21.4 Å². The van der Waals surface area contributed by atoms with Crippen molar-refractivity contribution >= 4 is 17.2 Å². The predicted octanol–water partition coefficient (Wildman–Crippen LogP) is 4.50. The minimum Gasteiger partial charge on any atom is -0.341 e. The molecule has 1 aromatic carbocycles. The fourth-order valence-corrected chi connectivity index (χ4v) is 4.17. The smallest absolute Gasteiger partial charge is 0.227 e. The van der Waals surface area contributed by atoms with Crippen molar-refractivity contribution in [2.45, 2.75) is 40.2 Å². The van der Waals surface area contributed by atoms with Crippen LogP contribution in [0.3, 0.4) is 0 Å². The predicted molar refractivity (Wildman–Crippen MR) is 120 cm³/mol. The van der Waals surface area contributed by atoms with E-state index in [9.17, 15) is 4.79 Å². The van der Waals surface area contributed by atoms with Crippen LogP contribution in [0, 0.1) is 20.8 Å². The normalized spacial score (nSPS) is 11.1. The lowest BCUT2D eigenvalue weighted by Gasteiger charge is -2.17. The molecule has 160 valence electrons. The summed E-state index contributed by atoms with van der Waals surface area (Å²) in [6, 6.07) is 10.1. The van der Waals surface area contributed by atoms with E-state index < -0.39 is 0 Å². The highest BCUT2D eigenvalue weighted by atomic mass is 32.1. The van der Waals surface area contributed by atoms with Gasteiger partial charge >= 0.3 is 0 Å². The van der Waals surface area contributed by atoms with E-state index in [-0.39, 0.29) is 5.91 Å². The van der Waals surface area contributed by atoms with E-state index in [1.807, 2.05) is 54.5 Å². The van der Waals surface area contributed by atoms with Gasteiger partial charge in [-0.3, -0.25) is 4.79 Å². The Morgan fingerprint density at radius 2 is 2.00 bits per heavy atom. The Labute approximate surface area is 185 Å². The van der Waals surface area contributed by atoms with E-state index in [4.69, 9.17) is 9.62 Å². The number of hydrogen-bond acceptors (Lipinski definition) is 6. The molecule has 0 aliphatic heterocycles. The Kier molecular flexibility index (Phi) is 5.99. The van der Waals surface area contributed by atoms with Gasteiger partial charge in [-0.05, 0) is 43.8 Å². The number of benzene rings is 1. The lowest BCUT2D eigenvalue weighted by Crippen LogP contribution is -2.27. The lowest BCUT2D eigenvalue weighted by molar-refractivity contribution is -0.130. The fraction of sp³-hybridized carbons (Fsp3) is 0.304. The van der Waals surface area contributed by atoms with Crippen LogP contribution in [0.5, 0.6) is 0 Å². The Hall–Kier alpha value is -3.26. The van der Waals surface area contributed by atoms with Gasteiger partial charge in [0, 0.05) is 48.6 Å². The van der Waals surface area contributed by atoms with Crippen molar-refractivity contribution in [2.24, 2.45) is 0 Å². The summed E-state index contributed by atoms with van der Waals surface area (Å²) in [4.78, 5) is 18.8. The molecule has 7 nitrogen and oxygen atoms in total. The van der Waals surface area contributed by atoms with Crippen LogP contribution in [-0.2, 0) is 17.8 Å². The maximum absolute atomic E-state index is 12.7. The van der Waals surface area contributed by atoms with Crippen LogP contribution in [0.2, 0.25) is 0 Å². The molecule has 31 heavy (non-hydrogen) atoms. The van der Waals surface area contributed by atoms with Crippen molar-refractivity contribution in [3.8, 4) is 17.1 Å². The van der Waals surface area contributed by atoms with E-state index in [1.54, 1.807) is 16.2 Å². The van der Waals surface area contributed by atoms with Gasteiger partial charge in [0.25, 0.3) is 0 Å². The molecule has 1 amide bonds. The lowest BCUT2D eigenvalue weighted by atomic mass is 10.1. The third kappa shape index (κ3) is 4.44. The van der Waals surface area contributed by atoms with Gasteiger partial charge in [-0.15, -0.1) is 0 Å². The summed E-state index contributed by atoms with van der Waals surface area (Å²) in [7, 11) is 1.82. The number of para-hydroxylation sites is 1. The maximum atomic E-state index is 12.7. The van der Waals surface area contributed by atoms with Gasteiger partial charge in [0.2, 0.25) is 17.6 Å². The Morgan fingerprint density at radius 3 is 2.74 bits per heavy atom. The van der Waals surface area contributed by atoms with Gasteiger partial charge in [0.15, 0.2) is 0 Å². The molecule has 3 heterocycles. The quantitative estimate of drug-likeness (QED) is 0.427. The summed E-state index contributed by atoms with van der Waals surface area (Å²) >= 11 is 1.58. The highest BCUT2D eigenvalue weighted by Crippen LogP contribution is 2.22. The van der Waals surface area contributed by atoms with Gasteiger partial charge in [0.1, 0.15) is 0 Å². The van der Waals surface area contributed by atoms with Crippen LogP contribution in [0.1, 0.15) is 34.8 Å². The van der Waals surface area contributed by atoms with E-state index >= 15 is 0 Å².